The van der Waals surface area contributed by atoms with Gasteiger partial charge in [0, 0.05) is 16.7 Å². The first kappa shape index (κ1) is 33.9. The first-order chi connectivity index (χ1) is 30.3. The molecule has 13 rings (SSSR count). The quantitative estimate of drug-likeness (QED) is 0.167. The van der Waals surface area contributed by atoms with Crippen molar-refractivity contribution in [3.8, 4) is 67.5 Å². The van der Waals surface area contributed by atoms with Crippen LogP contribution < -0.4 is 0 Å². The lowest BCUT2D eigenvalue weighted by atomic mass is 9.68. The summed E-state index contributed by atoms with van der Waals surface area (Å²) in [5, 5.41) is 7.61. The predicted octanol–water partition coefficient (Wildman–Crippen LogP) is 14.3. The Labute approximate surface area is 353 Å². The Kier molecular flexibility index (Phi) is 7.22. The maximum absolute atomic E-state index is 5.13. The molecule has 1 spiro atoms. The fraction of sp³-hybridized carbons (Fsp3) is 0.0172. The summed E-state index contributed by atoms with van der Waals surface area (Å²) in [6.45, 7) is 0. The molecule has 0 unspecified atom stereocenters. The number of aromatic nitrogens is 3. The maximum Gasteiger partial charge on any atom is 0.164 e. The minimum absolute atomic E-state index is 0.554. The van der Waals surface area contributed by atoms with E-state index in [9.17, 15) is 0 Å². The van der Waals surface area contributed by atoms with Gasteiger partial charge in [0.1, 0.15) is 0 Å². The van der Waals surface area contributed by atoms with Gasteiger partial charge in [-0.3, -0.25) is 0 Å². The number of rotatable bonds is 4. The zero-order valence-electron chi connectivity index (χ0n) is 33.0. The van der Waals surface area contributed by atoms with Crippen LogP contribution in [0, 0.1) is 0 Å². The third-order valence-electron chi connectivity index (χ3n) is 13.1. The van der Waals surface area contributed by atoms with Crippen LogP contribution in [0.1, 0.15) is 22.3 Å². The predicted molar refractivity (Wildman–Crippen MR) is 250 cm³/mol. The van der Waals surface area contributed by atoms with E-state index >= 15 is 0 Å². The van der Waals surface area contributed by atoms with Crippen LogP contribution in [-0.4, -0.2) is 15.0 Å². The molecule has 282 valence electrons. The molecule has 0 N–H and O–H groups in total. The van der Waals surface area contributed by atoms with Crippen LogP contribution in [0.5, 0.6) is 0 Å². The Hall–Kier alpha value is -8.01. The van der Waals surface area contributed by atoms with Crippen LogP contribution in [0.25, 0.3) is 99.9 Å². The van der Waals surface area contributed by atoms with Gasteiger partial charge in [0.25, 0.3) is 0 Å². The summed E-state index contributed by atoms with van der Waals surface area (Å²) in [7, 11) is 0. The van der Waals surface area contributed by atoms with E-state index in [2.05, 4.69) is 176 Å². The molecule has 0 radical (unpaired) electrons. The summed E-state index contributed by atoms with van der Waals surface area (Å²) >= 11 is 0. The average Bonchev–Trinajstić information content (AvgIpc) is 3.82. The Bertz CT molecular complexity index is 3490. The monoisotopic (exact) mass is 773 g/mol. The lowest BCUT2D eigenvalue weighted by Crippen LogP contribution is -2.26. The largest absolute Gasteiger partial charge is 0.208 e. The molecule has 0 atom stereocenters. The molecule has 3 heteroatoms. The number of nitrogens with zero attached hydrogens (tertiary/aromatic N) is 3. The summed E-state index contributed by atoms with van der Waals surface area (Å²) < 4.78 is 0. The second kappa shape index (κ2) is 13.0. The van der Waals surface area contributed by atoms with E-state index in [1.54, 1.807) is 0 Å². The number of fused-ring (bicyclic) bond motifs is 17. The molecule has 61 heavy (non-hydrogen) atoms. The molecule has 2 aliphatic rings. The Morgan fingerprint density at radius 1 is 0.262 bits per heavy atom. The molecule has 0 amide bonds. The zero-order valence-corrected chi connectivity index (χ0v) is 33.0. The molecular weight excluding hydrogens is 739 g/mol. The van der Waals surface area contributed by atoms with E-state index in [0.717, 1.165) is 22.3 Å². The van der Waals surface area contributed by atoms with Crippen molar-refractivity contribution in [3.05, 3.63) is 235 Å². The van der Waals surface area contributed by atoms with E-state index in [-0.39, 0.29) is 0 Å². The number of hydrogen-bond donors (Lipinski definition) is 0. The van der Waals surface area contributed by atoms with Gasteiger partial charge in [-0.25, -0.2) is 15.0 Å². The van der Waals surface area contributed by atoms with Gasteiger partial charge in [-0.15, -0.1) is 0 Å². The molecule has 11 aromatic rings. The highest BCUT2D eigenvalue weighted by molar-refractivity contribution is 6.24. The van der Waals surface area contributed by atoms with Crippen molar-refractivity contribution in [1.29, 1.82) is 0 Å². The molecule has 2 aliphatic carbocycles. The van der Waals surface area contributed by atoms with E-state index in [1.165, 1.54) is 82.4 Å². The van der Waals surface area contributed by atoms with Crippen molar-refractivity contribution in [2.75, 3.05) is 0 Å². The highest BCUT2D eigenvalue weighted by atomic mass is 15.0. The second-order valence-electron chi connectivity index (χ2n) is 16.2. The van der Waals surface area contributed by atoms with E-state index in [1.807, 2.05) is 36.4 Å². The van der Waals surface area contributed by atoms with Crippen molar-refractivity contribution in [2.45, 2.75) is 5.41 Å². The second-order valence-corrected chi connectivity index (χ2v) is 16.2. The Morgan fingerprint density at radius 3 is 1.30 bits per heavy atom. The van der Waals surface area contributed by atoms with Gasteiger partial charge in [-0.1, -0.05) is 200 Å². The van der Waals surface area contributed by atoms with Gasteiger partial charge in [0.05, 0.1) is 5.41 Å². The Morgan fingerprint density at radius 2 is 0.689 bits per heavy atom. The van der Waals surface area contributed by atoms with Crippen LogP contribution in [-0.2, 0) is 5.41 Å². The van der Waals surface area contributed by atoms with Crippen molar-refractivity contribution >= 4 is 32.3 Å². The fourth-order valence-corrected chi connectivity index (χ4v) is 10.7. The van der Waals surface area contributed by atoms with Crippen molar-refractivity contribution < 1.29 is 0 Å². The number of benzene rings is 10. The van der Waals surface area contributed by atoms with Crippen molar-refractivity contribution in [3.63, 3.8) is 0 Å². The van der Waals surface area contributed by atoms with Crippen LogP contribution in [0.4, 0.5) is 0 Å². The molecule has 1 aromatic heterocycles. The van der Waals surface area contributed by atoms with Crippen LogP contribution in [0.2, 0.25) is 0 Å². The molecule has 0 saturated carbocycles. The van der Waals surface area contributed by atoms with E-state index in [0.29, 0.717) is 17.5 Å². The lowest BCUT2D eigenvalue weighted by molar-refractivity contribution is 0.803. The molecule has 0 bridgehead atoms. The van der Waals surface area contributed by atoms with Crippen LogP contribution in [0.15, 0.2) is 212 Å². The molecule has 3 nitrogen and oxygen atoms in total. The molecule has 0 fully saturated rings. The van der Waals surface area contributed by atoms with Gasteiger partial charge in [-0.05, 0) is 100 Å². The Balaban J connectivity index is 1.13. The normalized spacial score (nSPS) is 13.0. The summed E-state index contributed by atoms with van der Waals surface area (Å²) in [6, 6.07) is 77.0. The average molecular weight is 774 g/mol. The van der Waals surface area contributed by atoms with Gasteiger partial charge < -0.3 is 0 Å². The standard InChI is InChI=1S/C58H35N3/c1-3-18-36(19-4-1)55-59-56(37-20-5-2-6-21-37)61-57(60-55)39-23-17-22-38(34-39)48-35-51-52(45-29-10-8-26-42(45)48)53-46-30-11-7-24-40(46)41-25-9-12-31-47(41)54(53)58(51)49-32-15-13-27-43(49)44-28-14-16-33-50(44)58/h1-35H. The maximum atomic E-state index is 5.13. The lowest BCUT2D eigenvalue weighted by Gasteiger charge is -2.32. The van der Waals surface area contributed by atoms with Crippen LogP contribution >= 0.6 is 0 Å². The fourth-order valence-electron chi connectivity index (χ4n) is 10.7. The van der Waals surface area contributed by atoms with Crippen molar-refractivity contribution in [2.24, 2.45) is 0 Å². The summed E-state index contributed by atoms with van der Waals surface area (Å²) in [6.07, 6.45) is 0. The highest BCUT2D eigenvalue weighted by Crippen LogP contribution is 2.67. The van der Waals surface area contributed by atoms with Gasteiger partial charge in [0.15, 0.2) is 17.5 Å². The van der Waals surface area contributed by atoms with Gasteiger partial charge >= 0.3 is 0 Å². The molecule has 0 saturated heterocycles. The number of hydrogen-bond acceptors (Lipinski definition) is 3. The van der Waals surface area contributed by atoms with E-state index in [4.69, 9.17) is 15.0 Å². The zero-order chi connectivity index (χ0) is 40.1. The van der Waals surface area contributed by atoms with Gasteiger partial charge in [0.2, 0.25) is 0 Å². The topological polar surface area (TPSA) is 38.7 Å². The molecule has 1 heterocycles. The summed E-state index contributed by atoms with van der Waals surface area (Å²) in [5.41, 5.74) is 15.2. The van der Waals surface area contributed by atoms with Crippen molar-refractivity contribution in [1.82, 2.24) is 15.0 Å². The first-order valence-electron chi connectivity index (χ1n) is 20.9. The van der Waals surface area contributed by atoms with E-state index < -0.39 is 5.41 Å². The van der Waals surface area contributed by atoms with Gasteiger partial charge in [-0.2, -0.15) is 0 Å². The smallest absolute Gasteiger partial charge is 0.164 e. The summed E-state index contributed by atoms with van der Waals surface area (Å²) in [5.74, 6) is 1.94. The minimum Gasteiger partial charge on any atom is -0.208 e. The third-order valence-corrected chi connectivity index (χ3v) is 13.1. The SMILES string of the molecule is c1ccc(-c2nc(-c3ccccc3)nc(-c3cccc(-c4cc5c(c6ccccc46)-c4c(c6ccccc6c6ccccc46)C54c5ccccc5-c5ccccc54)c3)n2)cc1. The first-order valence-corrected chi connectivity index (χ1v) is 20.9. The third kappa shape index (κ3) is 4.77. The van der Waals surface area contributed by atoms with Crippen LogP contribution in [0.3, 0.4) is 0 Å². The molecular formula is C58H35N3. The molecule has 0 aliphatic heterocycles. The minimum atomic E-state index is -0.554. The highest BCUT2D eigenvalue weighted by Gasteiger charge is 2.53. The molecule has 10 aromatic carbocycles. The summed E-state index contributed by atoms with van der Waals surface area (Å²) in [4.78, 5) is 15.2.